The standard InChI is InChI=1S/C5H10FN.C2H6/c1-5(6)2-3-7-4-5;1-2/h7H,2-4H2,1H3;1-2H3/t5-;/m1./s1. The minimum absolute atomic E-state index is 0.535. The first-order valence-electron chi connectivity index (χ1n) is 3.60. The van der Waals surface area contributed by atoms with E-state index in [1.807, 2.05) is 13.8 Å². The topological polar surface area (TPSA) is 12.0 Å². The number of rotatable bonds is 0. The van der Waals surface area contributed by atoms with E-state index in [9.17, 15) is 4.39 Å². The van der Waals surface area contributed by atoms with Crippen LogP contribution < -0.4 is 5.32 Å². The molecule has 0 amide bonds. The molecule has 56 valence electrons. The lowest BCUT2D eigenvalue weighted by Gasteiger charge is -2.07. The van der Waals surface area contributed by atoms with Gasteiger partial charge in [0.25, 0.3) is 0 Å². The Morgan fingerprint density at radius 2 is 2.00 bits per heavy atom. The predicted octanol–water partition coefficient (Wildman–Crippen LogP) is 1.73. The summed E-state index contributed by atoms with van der Waals surface area (Å²) in [7, 11) is 0. The Bertz CT molecular complexity index is 63.3. The highest BCUT2D eigenvalue weighted by Gasteiger charge is 2.26. The van der Waals surface area contributed by atoms with Crippen LogP contribution in [-0.4, -0.2) is 18.8 Å². The highest BCUT2D eigenvalue weighted by molar-refractivity contribution is 4.82. The van der Waals surface area contributed by atoms with Gasteiger partial charge in [-0.3, -0.25) is 0 Å². The summed E-state index contributed by atoms with van der Waals surface area (Å²) in [5, 5.41) is 2.94. The molecule has 0 spiro atoms. The van der Waals surface area contributed by atoms with E-state index in [1.54, 1.807) is 6.92 Å². The van der Waals surface area contributed by atoms with Crippen LogP contribution in [0.1, 0.15) is 27.2 Å². The van der Waals surface area contributed by atoms with Crippen LogP contribution in [0, 0.1) is 0 Å². The lowest BCUT2D eigenvalue weighted by molar-refractivity contribution is 0.218. The van der Waals surface area contributed by atoms with Gasteiger partial charge in [0.2, 0.25) is 0 Å². The van der Waals surface area contributed by atoms with E-state index in [2.05, 4.69) is 5.32 Å². The number of alkyl halides is 1. The van der Waals surface area contributed by atoms with Crippen molar-refractivity contribution < 1.29 is 4.39 Å². The zero-order valence-electron chi connectivity index (χ0n) is 6.50. The highest BCUT2D eigenvalue weighted by Crippen LogP contribution is 2.16. The molecule has 1 heterocycles. The van der Waals surface area contributed by atoms with Crippen molar-refractivity contribution in [3.8, 4) is 0 Å². The fraction of sp³-hybridized carbons (Fsp3) is 1.00. The van der Waals surface area contributed by atoms with Gasteiger partial charge < -0.3 is 5.32 Å². The molecule has 0 aromatic heterocycles. The third-order valence-electron chi connectivity index (χ3n) is 1.32. The molecule has 1 saturated heterocycles. The number of hydrogen-bond donors (Lipinski definition) is 1. The second kappa shape index (κ2) is 3.83. The molecule has 1 nitrogen and oxygen atoms in total. The zero-order valence-corrected chi connectivity index (χ0v) is 6.50. The summed E-state index contributed by atoms with van der Waals surface area (Å²) in [5.41, 5.74) is -0.917. The molecule has 0 saturated carbocycles. The Balaban J connectivity index is 0.000000291. The van der Waals surface area contributed by atoms with Crippen LogP contribution in [0.2, 0.25) is 0 Å². The highest BCUT2D eigenvalue weighted by atomic mass is 19.1. The maximum atomic E-state index is 12.5. The second-order valence-electron chi connectivity index (χ2n) is 2.34. The monoisotopic (exact) mass is 133 g/mol. The van der Waals surface area contributed by atoms with Crippen molar-refractivity contribution in [2.45, 2.75) is 32.9 Å². The first kappa shape index (κ1) is 8.89. The predicted molar refractivity (Wildman–Crippen MR) is 38.3 cm³/mol. The van der Waals surface area contributed by atoms with Gasteiger partial charge in [0.05, 0.1) is 0 Å². The second-order valence-corrected chi connectivity index (χ2v) is 2.34. The van der Waals surface area contributed by atoms with E-state index in [0.717, 1.165) is 6.54 Å². The van der Waals surface area contributed by atoms with Crippen LogP contribution in [0.3, 0.4) is 0 Å². The van der Waals surface area contributed by atoms with Gasteiger partial charge in [0.1, 0.15) is 5.67 Å². The average molecular weight is 133 g/mol. The summed E-state index contributed by atoms with van der Waals surface area (Å²) in [6, 6.07) is 0. The molecule has 0 radical (unpaired) electrons. The van der Waals surface area contributed by atoms with Crippen molar-refractivity contribution in [3.05, 3.63) is 0 Å². The van der Waals surface area contributed by atoms with Crippen molar-refractivity contribution in [2.24, 2.45) is 0 Å². The Hall–Kier alpha value is -0.110. The number of halogens is 1. The molecule has 0 bridgehead atoms. The van der Waals surface area contributed by atoms with Gasteiger partial charge in [0, 0.05) is 6.54 Å². The van der Waals surface area contributed by atoms with Crippen molar-refractivity contribution in [1.29, 1.82) is 0 Å². The molecule has 0 aromatic carbocycles. The van der Waals surface area contributed by atoms with Crippen molar-refractivity contribution >= 4 is 0 Å². The molecule has 1 N–H and O–H groups in total. The summed E-state index contributed by atoms with van der Waals surface area (Å²) in [6.07, 6.45) is 0.674. The molecule has 9 heavy (non-hydrogen) atoms. The molecular formula is C7H16FN. The molecule has 0 aromatic rings. The quantitative estimate of drug-likeness (QED) is 0.530. The number of nitrogens with one attached hydrogen (secondary N) is 1. The van der Waals surface area contributed by atoms with E-state index in [0.29, 0.717) is 13.0 Å². The summed E-state index contributed by atoms with van der Waals surface area (Å²) < 4.78 is 12.5. The molecule has 1 rings (SSSR count). The first-order valence-corrected chi connectivity index (χ1v) is 3.60. The summed E-state index contributed by atoms with van der Waals surface area (Å²) in [5.74, 6) is 0. The smallest absolute Gasteiger partial charge is 0.121 e. The van der Waals surface area contributed by atoms with Crippen LogP contribution in [0.4, 0.5) is 4.39 Å². The third-order valence-corrected chi connectivity index (χ3v) is 1.32. The van der Waals surface area contributed by atoms with Gasteiger partial charge in [-0.1, -0.05) is 13.8 Å². The van der Waals surface area contributed by atoms with Gasteiger partial charge in [-0.15, -0.1) is 0 Å². The lowest BCUT2D eigenvalue weighted by atomic mass is 10.1. The normalized spacial score (nSPS) is 33.3. The molecule has 1 fully saturated rings. The van der Waals surface area contributed by atoms with Gasteiger partial charge in [-0.2, -0.15) is 0 Å². The van der Waals surface area contributed by atoms with E-state index in [1.165, 1.54) is 0 Å². The van der Waals surface area contributed by atoms with Crippen LogP contribution in [-0.2, 0) is 0 Å². The average Bonchev–Trinajstić information content (AvgIpc) is 2.19. The molecule has 1 atom stereocenters. The van der Waals surface area contributed by atoms with Gasteiger partial charge in [-0.25, -0.2) is 4.39 Å². The van der Waals surface area contributed by atoms with Gasteiger partial charge in [0.15, 0.2) is 0 Å². The molecular weight excluding hydrogens is 117 g/mol. The van der Waals surface area contributed by atoms with Gasteiger partial charge >= 0.3 is 0 Å². The summed E-state index contributed by atoms with van der Waals surface area (Å²) >= 11 is 0. The van der Waals surface area contributed by atoms with Crippen molar-refractivity contribution in [3.63, 3.8) is 0 Å². The van der Waals surface area contributed by atoms with Crippen LogP contribution >= 0.6 is 0 Å². The fourth-order valence-electron chi connectivity index (χ4n) is 0.786. The Morgan fingerprint density at radius 3 is 2.11 bits per heavy atom. The van der Waals surface area contributed by atoms with E-state index in [-0.39, 0.29) is 0 Å². The van der Waals surface area contributed by atoms with E-state index < -0.39 is 5.67 Å². The van der Waals surface area contributed by atoms with E-state index in [4.69, 9.17) is 0 Å². The Labute approximate surface area is 56.6 Å². The third kappa shape index (κ3) is 3.46. The zero-order chi connectivity index (χ0) is 7.33. The fourth-order valence-corrected chi connectivity index (χ4v) is 0.786. The first-order chi connectivity index (χ1) is 4.21. The maximum Gasteiger partial charge on any atom is 0.121 e. The maximum absolute atomic E-state index is 12.5. The van der Waals surface area contributed by atoms with Crippen LogP contribution in [0.15, 0.2) is 0 Å². The van der Waals surface area contributed by atoms with E-state index >= 15 is 0 Å². The van der Waals surface area contributed by atoms with Crippen LogP contribution in [0.5, 0.6) is 0 Å². The van der Waals surface area contributed by atoms with Crippen LogP contribution in [0.25, 0.3) is 0 Å². The molecule has 2 heteroatoms. The molecule has 0 unspecified atom stereocenters. The Kier molecular flexibility index (Phi) is 3.78. The molecule has 1 aliphatic heterocycles. The lowest BCUT2D eigenvalue weighted by Crippen LogP contribution is -2.20. The SMILES string of the molecule is CC.C[C@@]1(F)CCNC1. The Morgan fingerprint density at radius 1 is 1.44 bits per heavy atom. The minimum Gasteiger partial charge on any atom is -0.313 e. The summed E-state index contributed by atoms with van der Waals surface area (Å²) in [4.78, 5) is 0. The van der Waals surface area contributed by atoms with Crippen molar-refractivity contribution in [1.82, 2.24) is 5.32 Å². The van der Waals surface area contributed by atoms with Crippen molar-refractivity contribution in [2.75, 3.05) is 13.1 Å². The number of hydrogen-bond acceptors (Lipinski definition) is 1. The minimum atomic E-state index is -0.917. The van der Waals surface area contributed by atoms with Gasteiger partial charge in [-0.05, 0) is 19.9 Å². The summed E-state index contributed by atoms with van der Waals surface area (Å²) in [6.45, 7) is 7.01. The molecule has 1 aliphatic rings. The largest absolute Gasteiger partial charge is 0.313 e. The molecule has 0 aliphatic carbocycles.